The Morgan fingerprint density at radius 3 is 2.18 bits per heavy atom. The molecule has 3 amide bonds. The van der Waals surface area contributed by atoms with E-state index in [-0.39, 0.29) is 40.0 Å². The Balaban J connectivity index is 1.22. The summed E-state index contributed by atoms with van der Waals surface area (Å²) in [5.74, 6) is -2.88. The van der Waals surface area contributed by atoms with E-state index in [9.17, 15) is 19.2 Å². The Morgan fingerprint density at radius 2 is 1.59 bits per heavy atom. The molecule has 1 saturated heterocycles. The lowest BCUT2D eigenvalue weighted by molar-refractivity contribution is -0.123. The van der Waals surface area contributed by atoms with Gasteiger partial charge in [-0.3, -0.25) is 19.3 Å². The maximum atomic E-state index is 13.1. The Labute approximate surface area is 210 Å². The molecule has 6 atom stereocenters. The highest BCUT2D eigenvalue weighted by Gasteiger charge is 2.66. The van der Waals surface area contributed by atoms with Gasteiger partial charge in [-0.2, -0.15) is 0 Å². The maximum absolute atomic E-state index is 13.1. The fourth-order valence-corrected chi connectivity index (χ4v) is 6.41. The van der Waals surface area contributed by atoms with E-state index in [2.05, 4.69) is 5.32 Å². The van der Waals surface area contributed by atoms with E-state index in [0.29, 0.717) is 22.8 Å². The fourth-order valence-electron chi connectivity index (χ4n) is 5.33. The van der Waals surface area contributed by atoms with Crippen molar-refractivity contribution in [1.82, 2.24) is 0 Å². The number of hydrogen-bond donors (Lipinski definition) is 1. The molecule has 1 aliphatic heterocycles. The molecule has 10 heteroatoms. The van der Waals surface area contributed by atoms with Gasteiger partial charge in [0, 0.05) is 10.7 Å². The number of nitrogens with one attached hydrogen (secondary N) is 1. The van der Waals surface area contributed by atoms with Crippen molar-refractivity contribution in [3.8, 4) is 0 Å². The molecular formula is C24H19Cl3N2O5. The summed E-state index contributed by atoms with van der Waals surface area (Å²) in [6, 6.07) is 12.5. The van der Waals surface area contributed by atoms with Crippen LogP contribution < -0.4 is 10.2 Å². The van der Waals surface area contributed by atoms with Crippen LogP contribution in [0.3, 0.4) is 0 Å². The minimum absolute atomic E-state index is 0.104. The van der Waals surface area contributed by atoms with Crippen molar-refractivity contribution in [2.24, 2.45) is 23.7 Å². The first kappa shape index (κ1) is 23.1. The summed E-state index contributed by atoms with van der Waals surface area (Å²) >= 11 is 18.7. The monoisotopic (exact) mass is 520 g/mol. The molecule has 3 fully saturated rings. The summed E-state index contributed by atoms with van der Waals surface area (Å²) in [7, 11) is 0. The van der Waals surface area contributed by atoms with Gasteiger partial charge in [0.2, 0.25) is 11.8 Å². The zero-order valence-corrected chi connectivity index (χ0v) is 19.9. The van der Waals surface area contributed by atoms with Crippen molar-refractivity contribution in [2.75, 3.05) is 16.8 Å². The SMILES string of the molecule is O=C(COC(=O)c1ccc(N2C(=O)[C@@H]3[C@H]4C[C@@H]([C@@H](Cl)[C@H]4Cl)[C@H]3C2=O)cc1)Nc1cccc(Cl)c1. The molecule has 1 N–H and O–H groups in total. The highest BCUT2D eigenvalue weighted by atomic mass is 35.5. The maximum Gasteiger partial charge on any atom is 0.338 e. The number of carbonyl (C=O) groups is 4. The molecule has 2 aromatic carbocycles. The second-order valence-electron chi connectivity index (χ2n) is 8.70. The molecule has 0 spiro atoms. The largest absolute Gasteiger partial charge is 0.452 e. The predicted octanol–water partition coefficient (Wildman–Crippen LogP) is 4.11. The third-order valence-corrected chi connectivity index (χ3v) is 8.35. The Hall–Kier alpha value is -2.61. The number of carbonyl (C=O) groups excluding carboxylic acids is 4. The second kappa shape index (κ2) is 8.87. The first-order valence-corrected chi connectivity index (χ1v) is 12.0. The van der Waals surface area contributed by atoms with Crippen molar-refractivity contribution in [3.63, 3.8) is 0 Å². The van der Waals surface area contributed by atoms with Gasteiger partial charge in [-0.1, -0.05) is 17.7 Å². The number of hydrogen-bond acceptors (Lipinski definition) is 5. The van der Waals surface area contributed by atoms with Crippen molar-refractivity contribution in [1.29, 1.82) is 0 Å². The quantitative estimate of drug-likeness (QED) is 0.363. The lowest BCUT2D eigenvalue weighted by Crippen LogP contribution is -2.37. The van der Waals surface area contributed by atoms with Crippen LogP contribution in [0.15, 0.2) is 48.5 Å². The van der Waals surface area contributed by atoms with Crippen LogP contribution in [0.2, 0.25) is 5.02 Å². The molecule has 5 rings (SSSR count). The Bertz CT molecular complexity index is 1160. The van der Waals surface area contributed by atoms with Gasteiger partial charge < -0.3 is 10.1 Å². The number of benzene rings is 2. The van der Waals surface area contributed by atoms with Crippen LogP contribution in [0.25, 0.3) is 0 Å². The number of imide groups is 1. The smallest absolute Gasteiger partial charge is 0.338 e. The van der Waals surface area contributed by atoms with Crippen LogP contribution in [0.5, 0.6) is 0 Å². The lowest BCUT2D eigenvalue weighted by atomic mass is 9.80. The molecule has 34 heavy (non-hydrogen) atoms. The van der Waals surface area contributed by atoms with E-state index in [0.717, 1.165) is 0 Å². The number of esters is 1. The first-order valence-electron chi connectivity index (χ1n) is 10.7. The number of ether oxygens (including phenoxy) is 1. The summed E-state index contributed by atoms with van der Waals surface area (Å²) in [5, 5.41) is 2.40. The van der Waals surface area contributed by atoms with Crippen LogP contribution in [0.4, 0.5) is 11.4 Å². The van der Waals surface area contributed by atoms with Gasteiger partial charge in [-0.15, -0.1) is 23.2 Å². The van der Waals surface area contributed by atoms with E-state index in [1.165, 1.54) is 29.2 Å². The highest BCUT2D eigenvalue weighted by Crippen LogP contribution is 2.59. The molecule has 0 unspecified atom stereocenters. The third kappa shape index (κ3) is 3.85. The van der Waals surface area contributed by atoms with Gasteiger partial charge in [-0.25, -0.2) is 4.79 Å². The summed E-state index contributed by atoms with van der Waals surface area (Å²) in [4.78, 5) is 51.7. The van der Waals surface area contributed by atoms with Crippen molar-refractivity contribution >= 4 is 69.9 Å². The summed E-state index contributed by atoms with van der Waals surface area (Å²) in [6.07, 6.45) is 0.693. The number of alkyl halides is 2. The lowest BCUT2D eigenvalue weighted by Gasteiger charge is -2.28. The van der Waals surface area contributed by atoms with Gasteiger partial charge in [0.25, 0.3) is 5.91 Å². The molecular weight excluding hydrogens is 503 g/mol. The number of anilines is 2. The molecule has 2 aliphatic carbocycles. The normalized spacial score (nSPS) is 29.3. The van der Waals surface area contributed by atoms with E-state index < -0.39 is 30.3 Å². The van der Waals surface area contributed by atoms with Gasteiger partial charge >= 0.3 is 5.97 Å². The average Bonchev–Trinajstić information content (AvgIpc) is 3.42. The number of amides is 3. The molecule has 2 aromatic rings. The molecule has 2 saturated carbocycles. The molecule has 1 heterocycles. The molecule has 2 bridgehead atoms. The molecule has 3 aliphatic rings. The topological polar surface area (TPSA) is 92.8 Å². The number of fused-ring (bicyclic) bond motifs is 5. The van der Waals surface area contributed by atoms with Crippen molar-refractivity contribution in [3.05, 3.63) is 59.1 Å². The molecule has 0 aromatic heterocycles. The third-order valence-electron chi connectivity index (χ3n) is 6.79. The average molecular weight is 522 g/mol. The van der Waals surface area contributed by atoms with E-state index in [1.54, 1.807) is 24.3 Å². The minimum Gasteiger partial charge on any atom is -0.452 e. The summed E-state index contributed by atoms with van der Waals surface area (Å²) in [5.41, 5.74) is 1.04. The van der Waals surface area contributed by atoms with Gasteiger partial charge in [0.15, 0.2) is 6.61 Å². The van der Waals surface area contributed by atoms with Crippen LogP contribution in [0.1, 0.15) is 16.8 Å². The van der Waals surface area contributed by atoms with Crippen LogP contribution in [-0.4, -0.2) is 41.1 Å². The Kier molecular flexibility index (Phi) is 6.04. The highest BCUT2D eigenvalue weighted by molar-refractivity contribution is 6.32. The zero-order valence-electron chi connectivity index (χ0n) is 17.6. The van der Waals surface area contributed by atoms with Crippen LogP contribution in [-0.2, 0) is 19.1 Å². The standard InChI is InChI=1S/C24H19Cl3N2O5/c25-12-2-1-3-13(8-12)28-17(30)10-34-24(33)11-4-6-14(7-5-11)29-22(31)18-15-9-16(19(18)23(29)32)21(27)20(15)26/h1-8,15-16,18-21H,9-10H2,(H,28,30)/t15-,16-,18-,19-,20-,21+/m1/s1. The van der Waals surface area contributed by atoms with Gasteiger partial charge in [0.1, 0.15) is 0 Å². The van der Waals surface area contributed by atoms with Crippen LogP contribution in [0, 0.1) is 23.7 Å². The number of nitrogens with zero attached hydrogens (tertiary/aromatic N) is 1. The first-order chi connectivity index (χ1) is 16.3. The van der Waals surface area contributed by atoms with Crippen LogP contribution >= 0.6 is 34.8 Å². The number of rotatable bonds is 5. The zero-order chi connectivity index (χ0) is 24.1. The fraction of sp³-hybridized carbons (Fsp3) is 0.333. The summed E-state index contributed by atoms with van der Waals surface area (Å²) in [6.45, 7) is -0.485. The van der Waals surface area contributed by atoms with E-state index in [4.69, 9.17) is 39.5 Å². The summed E-state index contributed by atoms with van der Waals surface area (Å²) < 4.78 is 5.06. The Morgan fingerprint density at radius 1 is 0.971 bits per heavy atom. The minimum atomic E-state index is -0.711. The molecule has 7 nitrogen and oxygen atoms in total. The number of halogens is 3. The van der Waals surface area contributed by atoms with Crippen molar-refractivity contribution in [2.45, 2.75) is 17.2 Å². The van der Waals surface area contributed by atoms with Crippen molar-refractivity contribution < 1.29 is 23.9 Å². The van der Waals surface area contributed by atoms with E-state index >= 15 is 0 Å². The van der Waals surface area contributed by atoms with Gasteiger partial charge in [0.05, 0.1) is 33.8 Å². The second-order valence-corrected chi connectivity index (χ2v) is 10.1. The van der Waals surface area contributed by atoms with E-state index in [1.807, 2.05) is 0 Å². The molecule has 176 valence electrons. The van der Waals surface area contributed by atoms with Gasteiger partial charge in [-0.05, 0) is 60.7 Å². The predicted molar refractivity (Wildman–Crippen MR) is 127 cm³/mol. The molecule has 0 radical (unpaired) electrons.